The van der Waals surface area contributed by atoms with Crippen LogP contribution in [0.3, 0.4) is 0 Å². The molecule has 4 N–H and O–H groups in total. The lowest BCUT2D eigenvalue weighted by atomic mass is 10.1. The molecule has 0 fully saturated rings. The van der Waals surface area contributed by atoms with E-state index in [1.807, 2.05) is 0 Å². The zero-order valence-corrected chi connectivity index (χ0v) is 15.2. The molecule has 3 aromatic rings. The normalized spacial score (nSPS) is 12.4. The molecule has 0 unspecified atom stereocenters. The van der Waals surface area contributed by atoms with Crippen LogP contribution in [0.2, 0.25) is 0 Å². The van der Waals surface area contributed by atoms with E-state index in [2.05, 4.69) is 15.3 Å². The summed E-state index contributed by atoms with van der Waals surface area (Å²) in [6.45, 7) is 0. The first kappa shape index (κ1) is 18.3. The summed E-state index contributed by atoms with van der Waals surface area (Å²) in [4.78, 5) is 42.9. The number of aromatic carboxylic acids is 2. The van der Waals surface area contributed by atoms with Crippen LogP contribution in [-0.4, -0.2) is 38.1 Å². The van der Waals surface area contributed by atoms with Gasteiger partial charge in [-0.25, -0.2) is 14.6 Å². The summed E-state index contributed by atoms with van der Waals surface area (Å²) in [6, 6.07) is 10.4. The van der Waals surface area contributed by atoms with E-state index in [1.54, 1.807) is 24.3 Å². The number of carboxylic acids is 2. The molecule has 1 aliphatic heterocycles. The molecular weight excluding hydrogens is 398 g/mol. The zero-order chi connectivity index (χ0) is 20.7. The largest absolute Gasteiger partial charge is 0.492 e. The highest BCUT2D eigenvalue weighted by Gasteiger charge is 2.24. The molecule has 144 valence electrons. The summed E-state index contributed by atoms with van der Waals surface area (Å²) in [6.07, 6.45) is 0. The fourth-order valence-corrected chi connectivity index (χ4v) is 3.81. The predicted octanol–water partition coefficient (Wildman–Crippen LogP) is 1.35. The Bertz CT molecular complexity index is 1300. The number of benzene rings is 2. The molecule has 1 aromatic heterocycles. The summed E-state index contributed by atoms with van der Waals surface area (Å²) >= 11 is 0.962. The van der Waals surface area contributed by atoms with Crippen LogP contribution >= 0.6 is 11.3 Å². The standard InChI is InChI=1S/C19H11N3O6S/c23-15-13(11-3-1-2-4-12(11)21-15)14-16(24)22-19(29-14)20-10-6-8(17(25)26)5-9(7-10)18(27)28/h1-7,24H,(H,20,22)(H,25,26)(H,27,28). The van der Waals surface area contributed by atoms with Gasteiger partial charge >= 0.3 is 11.9 Å². The molecule has 0 bridgehead atoms. The minimum atomic E-state index is -1.29. The van der Waals surface area contributed by atoms with E-state index in [0.717, 1.165) is 17.4 Å². The highest BCUT2D eigenvalue weighted by Crippen LogP contribution is 2.35. The number of thiazole rings is 1. The Morgan fingerprint density at radius 3 is 2.31 bits per heavy atom. The van der Waals surface area contributed by atoms with Crippen molar-refractivity contribution >= 4 is 45.6 Å². The van der Waals surface area contributed by atoms with Gasteiger partial charge in [0.1, 0.15) is 4.88 Å². The Hall–Kier alpha value is -4.05. The molecule has 0 saturated carbocycles. The van der Waals surface area contributed by atoms with Crippen LogP contribution in [0, 0.1) is 0 Å². The maximum atomic E-state index is 12.3. The van der Waals surface area contributed by atoms with E-state index in [-0.39, 0.29) is 38.3 Å². The number of carboxylic acid groups (broad SMARTS) is 2. The predicted molar refractivity (Wildman–Crippen MR) is 102 cm³/mol. The van der Waals surface area contributed by atoms with Gasteiger partial charge in [0.15, 0.2) is 5.13 Å². The van der Waals surface area contributed by atoms with Crippen molar-refractivity contribution in [2.75, 3.05) is 5.32 Å². The minimum Gasteiger partial charge on any atom is -0.492 e. The molecule has 10 heteroatoms. The average Bonchev–Trinajstić information content (AvgIpc) is 3.19. The molecule has 0 atom stereocenters. The average molecular weight is 409 g/mol. The van der Waals surface area contributed by atoms with Gasteiger partial charge in [0.2, 0.25) is 5.88 Å². The molecule has 2 heterocycles. The van der Waals surface area contributed by atoms with E-state index in [9.17, 15) is 29.7 Å². The van der Waals surface area contributed by atoms with Gasteiger partial charge in [-0.3, -0.25) is 4.79 Å². The van der Waals surface area contributed by atoms with E-state index in [4.69, 9.17) is 0 Å². The van der Waals surface area contributed by atoms with E-state index >= 15 is 0 Å². The summed E-state index contributed by atoms with van der Waals surface area (Å²) in [5, 5.41) is 32.6. The number of hydrogen-bond acceptors (Lipinski definition) is 7. The van der Waals surface area contributed by atoms with E-state index in [0.29, 0.717) is 10.6 Å². The number of aromatic nitrogens is 1. The quantitative estimate of drug-likeness (QED) is 0.493. The second-order valence-electron chi connectivity index (χ2n) is 6.02. The number of para-hydroxylation sites is 1. The molecule has 0 aliphatic carbocycles. The maximum absolute atomic E-state index is 12.3. The minimum absolute atomic E-state index is 0.154. The lowest BCUT2D eigenvalue weighted by Gasteiger charge is -2.06. The summed E-state index contributed by atoms with van der Waals surface area (Å²) < 4.78 is 0. The molecule has 4 rings (SSSR count). The molecule has 0 radical (unpaired) electrons. The Balaban J connectivity index is 1.76. The first-order chi connectivity index (χ1) is 13.8. The monoisotopic (exact) mass is 409 g/mol. The fraction of sp³-hybridized carbons (Fsp3) is 0. The number of nitrogens with one attached hydrogen (secondary N) is 1. The topological polar surface area (TPSA) is 149 Å². The molecule has 0 saturated heterocycles. The Kier molecular flexibility index (Phi) is 4.32. The van der Waals surface area contributed by atoms with Crippen LogP contribution in [0.25, 0.3) is 5.57 Å². The summed E-state index contributed by atoms with van der Waals surface area (Å²) in [5.74, 6) is -3.47. The second kappa shape index (κ2) is 6.84. The number of carbonyl (C=O) groups is 3. The van der Waals surface area contributed by atoms with Gasteiger partial charge in [-0.05, 0) is 24.3 Å². The third-order valence-electron chi connectivity index (χ3n) is 4.12. The number of aromatic hydroxyl groups is 1. The highest BCUT2D eigenvalue weighted by atomic mass is 32.1. The van der Waals surface area contributed by atoms with Crippen molar-refractivity contribution in [3.8, 4) is 5.88 Å². The van der Waals surface area contributed by atoms with Gasteiger partial charge in [0, 0.05) is 10.9 Å². The van der Waals surface area contributed by atoms with Crippen molar-refractivity contribution in [3.63, 3.8) is 0 Å². The van der Waals surface area contributed by atoms with Gasteiger partial charge in [0.05, 0.1) is 22.1 Å². The third-order valence-corrected chi connectivity index (χ3v) is 5.10. The van der Waals surface area contributed by atoms with Crippen molar-refractivity contribution in [2.24, 2.45) is 4.99 Å². The van der Waals surface area contributed by atoms with Gasteiger partial charge in [-0.2, -0.15) is 4.98 Å². The second-order valence-corrected chi connectivity index (χ2v) is 7.01. The van der Waals surface area contributed by atoms with Crippen LogP contribution in [0.5, 0.6) is 5.88 Å². The molecule has 9 nitrogen and oxygen atoms in total. The first-order valence-electron chi connectivity index (χ1n) is 8.15. The lowest BCUT2D eigenvalue weighted by molar-refractivity contribution is -0.112. The third kappa shape index (κ3) is 3.32. The molecule has 0 spiro atoms. The molecule has 2 aromatic carbocycles. The van der Waals surface area contributed by atoms with Gasteiger partial charge in [-0.1, -0.05) is 29.5 Å². The Labute approximate surface area is 165 Å². The van der Waals surface area contributed by atoms with Crippen LogP contribution in [0.15, 0.2) is 47.5 Å². The summed E-state index contributed by atoms with van der Waals surface area (Å²) in [7, 11) is 0. The van der Waals surface area contributed by atoms with Gasteiger partial charge in [0.25, 0.3) is 5.91 Å². The molecular formula is C19H11N3O6S. The lowest BCUT2D eigenvalue weighted by Crippen LogP contribution is -2.22. The van der Waals surface area contributed by atoms with Crippen molar-refractivity contribution in [1.82, 2.24) is 4.98 Å². The zero-order valence-electron chi connectivity index (χ0n) is 14.4. The first-order valence-corrected chi connectivity index (χ1v) is 8.96. The molecule has 1 amide bonds. The number of anilines is 2. The number of fused-ring (bicyclic) bond motifs is 1. The van der Waals surface area contributed by atoms with Crippen LogP contribution in [-0.2, 0) is 4.79 Å². The number of carbonyl (C=O) groups excluding carboxylic acids is 1. The van der Waals surface area contributed by atoms with Crippen molar-refractivity contribution in [2.45, 2.75) is 0 Å². The van der Waals surface area contributed by atoms with Gasteiger partial charge < -0.3 is 20.6 Å². The number of nitrogens with zero attached hydrogens (tertiary/aromatic N) is 2. The highest BCUT2D eigenvalue weighted by molar-refractivity contribution is 7.17. The van der Waals surface area contributed by atoms with E-state index in [1.165, 1.54) is 12.1 Å². The van der Waals surface area contributed by atoms with Crippen molar-refractivity contribution in [1.29, 1.82) is 0 Å². The van der Waals surface area contributed by atoms with Crippen molar-refractivity contribution < 1.29 is 29.7 Å². The Morgan fingerprint density at radius 2 is 1.66 bits per heavy atom. The van der Waals surface area contributed by atoms with E-state index < -0.39 is 17.8 Å². The molecule has 29 heavy (non-hydrogen) atoms. The fourth-order valence-electron chi connectivity index (χ4n) is 2.88. The molecule has 1 aliphatic rings. The Morgan fingerprint density at radius 1 is 1.00 bits per heavy atom. The van der Waals surface area contributed by atoms with Crippen LogP contribution < -0.4 is 15.9 Å². The smallest absolute Gasteiger partial charge is 0.335 e. The SMILES string of the molecule is O=C1N=c2ccccc2=C1c1sc(Nc2cc(C(=O)O)cc(C(=O)O)c2)nc1O. The number of hydrogen-bond donors (Lipinski definition) is 4. The maximum Gasteiger partial charge on any atom is 0.335 e. The van der Waals surface area contributed by atoms with Crippen LogP contribution in [0.4, 0.5) is 10.8 Å². The number of amides is 1. The van der Waals surface area contributed by atoms with Crippen LogP contribution in [0.1, 0.15) is 25.6 Å². The van der Waals surface area contributed by atoms with Gasteiger partial charge in [-0.15, -0.1) is 0 Å². The number of rotatable bonds is 5. The van der Waals surface area contributed by atoms with Crippen molar-refractivity contribution in [3.05, 3.63) is 69.0 Å². The summed E-state index contributed by atoms with van der Waals surface area (Å²) in [5.41, 5.74) is -0.0625.